The fourth-order valence-corrected chi connectivity index (χ4v) is 3.63. The smallest absolute Gasteiger partial charge is 0.261 e. The Morgan fingerprint density at radius 2 is 1.81 bits per heavy atom. The summed E-state index contributed by atoms with van der Waals surface area (Å²) in [6.45, 7) is 8.90. The van der Waals surface area contributed by atoms with E-state index in [1.54, 1.807) is 11.8 Å². The van der Waals surface area contributed by atoms with Crippen LogP contribution in [-0.2, 0) is 16.1 Å². The van der Waals surface area contributed by atoms with Crippen LogP contribution in [0.4, 0.5) is 0 Å². The molecule has 0 heterocycles. The standard InChI is InChI=1S/C25H33BrN2O3/c1-5-6-14-27-25(30)19(4)28(16-20-10-8-7-9-11-20)24(29)17-31-23-13-12-21(18(2)3)15-22(23)26/h7-13,15,18-19H,5-6,14,16-17H2,1-4H3,(H,27,30). The van der Waals surface area contributed by atoms with Crippen LogP contribution in [0, 0.1) is 0 Å². The van der Waals surface area contributed by atoms with Crippen molar-refractivity contribution in [3.05, 3.63) is 64.1 Å². The molecule has 6 heteroatoms. The molecule has 2 aromatic rings. The molecule has 31 heavy (non-hydrogen) atoms. The number of rotatable bonds is 11. The van der Waals surface area contributed by atoms with Crippen LogP contribution in [0.2, 0.25) is 0 Å². The first-order chi connectivity index (χ1) is 14.8. The van der Waals surface area contributed by atoms with Gasteiger partial charge in [-0.05, 0) is 58.5 Å². The molecule has 168 valence electrons. The maximum Gasteiger partial charge on any atom is 0.261 e. The van der Waals surface area contributed by atoms with Crippen molar-refractivity contribution in [3.8, 4) is 5.75 Å². The topological polar surface area (TPSA) is 58.6 Å². The van der Waals surface area contributed by atoms with E-state index in [1.165, 1.54) is 5.56 Å². The number of halogens is 1. The van der Waals surface area contributed by atoms with Gasteiger partial charge in [-0.25, -0.2) is 0 Å². The third kappa shape index (κ3) is 7.69. The quantitative estimate of drug-likeness (QED) is 0.437. The molecule has 0 saturated heterocycles. The van der Waals surface area contributed by atoms with Crippen molar-refractivity contribution in [2.75, 3.05) is 13.2 Å². The molecule has 0 saturated carbocycles. The largest absolute Gasteiger partial charge is 0.483 e. The number of nitrogens with one attached hydrogen (secondary N) is 1. The highest BCUT2D eigenvalue weighted by molar-refractivity contribution is 9.10. The van der Waals surface area contributed by atoms with Crippen LogP contribution < -0.4 is 10.1 Å². The van der Waals surface area contributed by atoms with Gasteiger partial charge in [0.2, 0.25) is 5.91 Å². The molecule has 1 unspecified atom stereocenters. The summed E-state index contributed by atoms with van der Waals surface area (Å²) in [4.78, 5) is 27.3. The normalized spacial score (nSPS) is 11.8. The van der Waals surface area contributed by atoms with E-state index in [-0.39, 0.29) is 18.4 Å². The molecule has 2 rings (SSSR count). The second kappa shape index (κ2) is 12.5. The zero-order chi connectivity index (χ0) is 22.8. The van der Waals surface area contributed by atoms with Gasteiger partial charge in [-0.1, -0.05) is 63.6 Å². The van der Waals surface area contributed by atoms with Gasteiger partial charge in [-0.3, -0.25) is 9.59 Å². The summed E-state index contributed by atoms with van der Waals surface area (Å²) >= 11 is 3.53. The lowest BCUT2D eigenvalue weighted by atomic mass is 10.0. The number of nitrogens with zero attached hydrogens (tertiary/aromatic N) is 1. The van der Waals surface area contributed by atoms with Gasteiger partial charge in [0.05, 0.1) is 4.47 Å². The van der Waals surface area contributed by atoms with E-state index < -0.39 is 6.04 Å². The molecule has 1 N–H and O–H groups in total. The Morgan fingerprint density at radius 1 is 1.10 bits per heavy atom. The third-order valence-corrected chi connectivity index (χ3v) is 5.79. The highest BCUT2D eigenvalue weighted by Gasteiger charge is 2.26. The summed E-state index contributed by atoms with van der Waals surface area (Å²) < 4.78 is 6.62. The van der Waals surface area contributed by atoms with Gasteiger partial charge in [-0.2, -0.15) is 0 Å². The second-order valence-electron chi connectivity index (χ2n) is 7.96. The zero-order valence-corrected chi connectivity index (χ0v) is 20.4. The van der Waals surface area contributed by atoms with Gasteiger partial charge in [0, 0.05) is 13.1 Å². The lowest BCUT2D eigenvalue weighted by Crippen LogP contribution is -2.49. The van der Waals surface area contributed by atoms with Gasteiger partial charge in [0.1, 0.15) is 11.8 Å². The van der Waals surface area contributed by atoms with E-state index in [0.717, 1.165) is 22.9 Å². The van der Waals surface area contributed by atoms with Crippen LogP contribution in [0.1, 0.15) is 57.6 Å². The van der Waals surface area contributed by atoms with Crippen LogP contribution in [-0.4, -0.2) is 35.9 Å². The number of benzene rings is 2. The average molecular weight is 489 g/mol. The minimum absolute atomic E-state index is 0.140. The fraction of sp³-hybridized carbons (Fsp3) is 0.440. The Bertz CT molecular complexity index is 855. The van der Waals surface area contributed by atoms with Gasteiger partial charge in [-0.15, -0.1) is 0 Å². The van der Waals surface area contributed by atoms with Gasteiger partial charge in [0.15, 0.2) is 6.61 Å². The van der Waals surface area contributed by atoms with Crippen LogP contribution >= 0.6 is 15.9 Å². The third-order valence-electron chi connectivity index (χ3n) is 5.17. The molecule has 0 radical (unpaired) electrons. The van der Waals surface area contributed by atoms with Crippen LogP contribution in [0.3, 0.4) is 0 Å². The minimum Gasteiger partial charge on any atom is -0.483 e. The summed E-state index contributed by atoms with van der Waals surface area (Å²) in [7, 11) is 0. The Labute approximate surface area is 194 Å². The highest BCUT2D eigenvalue weighted by atomic mass is 79.9. The zero-order valence-electron chi connectivity index (χ0n) is 18.9. The van der Waals surface area contributed by atoms with Crippen molar-refractivity contribution in [2.45, 2.75) is 59.0 Å². The monoisotopic (exact) mass is 488 g/mol. The van der Waals surface area contributed by atoms with E-state index in [2.05, 4.69) is 42.0 Å². The molecule has 2 aromatic carbocycles. The molecule has 2 amide bonds. The number of carbonyl (C=O) groups is 2. The highest BCUT2D eigenvalue weighted by Crippen LogP contribution is 2.29. The molecule has 0 aliphatic carbocycles. The Balaban J connectivity index is 2.11. The summed E-state index contributed by atoms with van der Waals surface area (Å²) in [5.41, 5.74) is 2.15. The Morgan fingerprint density at radius 3 is 2.42 bits per heavy atom. The van der Waals surface area contributed by atoms with E-state index in [0.29, 0.717) is 24.8 Å². The van der Waals surface area contributed by atoms with E-state index in [1.807, 2.05) is 48.5 Å². The van der Waals surface area contributed by atoms with E-state index in [9.17, 15) is 9.59 Å². The van der Waals surface area contributed by atoms with Gasteiger partial charge < -0.3 is 15.0 Å². The molecule has 0 aliphatic heterocycles. The van der Waals surface area contributed by atoms with Crippen molar-refractivity contribution in [1.29, 1.82) is 0 Å². The van der Waals surface area contributed by atoms with Crippen molar-refractivity contribution in [1.82, 2.24) is 10.2 Å². The van der Waals surface area contributed by atoms with E-state index in [4.69, 9.17) is 4.74 Å². The lowest BCUT2D eigenvalue weighted by molar-refractivity contribution is -0.142. The second-order valence-corrected chi connectivity index (χ2v) is 8.82. The molecular weight excluding hydrogens is 456 g/mol. The molecule has 0 aliphatic rings. The summed E-state index contributed by atoms with van der Waals surface area (Å²) in [6, 6.07) is 15.0. The predicted octanol–water partition coefficient (Wildman–Crippen LogP) is 5.28. The summed E-state index contributed by atoms with van der Waals surface area (Å²) in [5.74, 6) is 0.625. The Hall–Kier alpha value is -2.34. The van der Waals surface area contributed by atoms with E-state index >= 15 is 0 Å². The molecule has 0 aromatic heterocycles. The molecule has 0 fully saturated rings. The maximum atomic E-state index is 13.1. The molecule has 1 atom stereocenters. The molecule has 0 spiro atoms. The molecular formula is C25H33BrN2O3. The first-order valence-electron chi connectivity index (χ1n) is 10.9. The Kier molecular flexibility index (Phi) is 10.0. The first kappa shape index (κ1) is 24.9. The lowest BCUT2D eigenvalue weighted by Gasteiger charge is -2.29. The minimum atomic E-state index is -0.597. The summed E-state index contributed by atoms with van der Waals surface area (Å²) in [6.07, 6.45) is 1.91. The maximum absolute atomic E-state index is 13.1. The van der Waals surface area contributed by atoms with Crippen molar-refractivity contribution >= 4 is 27.7 Å². The molecule has 5 nitrogen and oxygen atoms in total. The fourth-order valence-electron chi connectivity index (χ4n) is 3.11. The number of amides is 2. The van der Waals surface area contributed by atoms with Crippen LogP contribution in [0.25, 0.3) is 0 Å². The number of ether oxygens (including phenoxy) is 1. The SMILES string of the molecule is CCCCNC(=O)C(C)N(Cc1ccccc1)C(=O)COc1ccc(C(C)C)cc1Br. The van der Waals surface area contributed by atoms with Crippen molar-refractivity contribution < 1.29 is 14.3 Å². The molecule has 0 bridgehead atoms. The van der Waals surface area contributed by atoms with Crippen molar-refractivity contribution in [2.24, 2.45) is 0 Å². The number of hydrogen-bond acceptors (Lipinski definition) is 3. The van der Waals surface area contributed by atoms with Crippen LogP contribution in [0.15, 0.2) is 53.0 Å². The number of carbonyl (C=O) groups excluding carboxylic acids is 2. The number of unbranched alkanes of at least 4 members (excludes halogenated alkanes) is 1. The van der Waals surface area contributed by atoms with Crippen molar-refractivity contribution in [3.63, 3.8) is 0 Å². The first-order valence-corrected chi connectivity index (χ1v) is 11.7. The predicted molar refractivity (Wildman–Crippen MR) is 128 cm³/mol. The summed E-state index contributed by atoms with van der Waals surface area (Å²) in [5, 5.41) is 2.92. The van der Waals surface area contributed by atoms with Gasteiger partial charge in [0.25, 0.3) is 5.91 Å². The van der Waals surface area contributed by atoms with Crippen LogP contribution in [0.5, 0.6) is 5.75 Å². The van der Waals surface area contributed by atoms with Gasteiger partial charge >= 0.3 is 0 Å². The number of hydrogen-bond donors (Lipinski definition) is 1. The average Bonchev–Trinajstić information content (AvgIpc) is 2.76.